The van der Waals surface area contributed by atoms with Crippen LogP contribution in [-0.2, 0) is 75.0 Å². The maximum absolute atomic E-state index is 14.7. The summed E-state index contributed by atoms with van der Waals surface area (Å²) in [7, 11) is 0. The first-order chi connectivity index (χ1) is 47.3. The molecule has 4 amide bonds. The van der Waals surface area contributed by atoms with Gasteiger partial charge in [0.05, 0.1) is 11.1 Å². The predicted molar refractivity (Wildman–Crippen MR) is 370 cm³/mol. The van der Waals surface area contributed by atoms with Gasteiger partial charge in [-0.1, -0.05) is 222 Å². The maximum atomic E-state index is 14.7. The first-order valence-corrected chi connectivity index (χ1v) is 33.4. The van der Waals surface area contributed by atoms with Crippen molar-refractivity contribution in [2.45, 2.75) is 121 Å². The van der Waals surface area contributed by atoms with Gasteiger partial charge in [-0.25, -0.2) is 9.59 Å². The van der Waals surface area contributed by atoms with Crippen LogP contribution in [0.4, 0.5) is 31.1 Å². The van der Waals surface area contributed by atoms with Gasteiger partial charge < -0.3 is 29.4 Å². The fourth-order valence-electron chi connectivity index (χ4n) is 12.3. The smallest absolute Gasteiger partial charge is 0.416 e. The van der Waals surface area contributed by atoms with Crippen molar-refractivity contribution in [1.82, 2.24) is 19.6 Å². The Morgan fingerprint density at radius 1 is 0.469 bits per heavy atom. The number of hydrogen-bond acceptors (Lipinski definition) is 6. The minimum atomic E-state index is -4.48. The number of nitrogens with zero attached hydrogens (tertiary/aromatic N) is 4. The fraction of sp³-hybridized carbons (Fsp3) is 0.296. The van der Waals surface area contributed by atoms with Gasteiger partial charge in [0, 0.05) is 70.2 Å². The molecular weight excluding hydrogens is 1250 g/mol. The van der Waals surface area contributed by atoms with Crippen molar-refractivity contribution < 1.29 is 60.2 Å². The van der Waals surface area contributed by atoms with Gasteiger partial charge in [0.25, 0.3) is 0 Å². The van der Waals surface area contributed by atoms with E-state index in [2.05, 4.69) is 50.2 Å². The van der Waals surface area contributed by atoms with E-state index in [9.17, 15) is 55.4 Å². The normalized spacial score (nSPS) is 13.7. The summed E-state index contributed by atoms with van der Waals surface area (Å²) in [5.74, 6) is -2.45. The molecular formula is C81H82F6N4O7. The van der Waals surface area contributed by atoms with Gasteiger partial charge in [0.1, 0.15) is 18.7 Å². The summed E-state index contributed by atoms with van der Waals surface area (Å²) in [6.07, 6.45) is 5.01. The Morgan fingerprint density at radius 2 is 0.847 bits per heavy atom. The van der Waals surface area contributed by atoms with Gasteiger partial charge in [-0.05, 0) is 129 Å². The number of ether oxygens (including phenoxy) is 1. The third-order valence-electron chi connectivity index (χ3n) is 17.8. The van der Waals surface area contributed by atoms with Crippen LogP contribution < -0.4 is 0 Å². The Labute approximate surface area is 569 Å². The number of halogens is 6. The lowest BCUT2D eigenvalue weighted by Crippen LogP contribution is -2.57. The number of piperazine rings is 1. The van der Waals surface area contributed by atoms with Crippen molar-refractivity contribution in [2.24, 2.45) is 0 Å². The van der Waals surface area contributed by atoms with Gasteiger partial charge in [-0.2, -0.15) is 26.3 Å². The van der Waals surface area contributed by atoms with E-state index in [1.54, 1.807) is 14.7 Å². The number of carbonyl (C=O) groups excluding carboxylic acids is 4. The van der Waals surface area contributed by atoms with Crippen LogP contribution in [0.1, 0.15) is 125 Å². The van der Waals surface area contributed by atoms with Crippen LogP contribution in [0.2, 0.25) is 0 Å². The van der Waals surface area contributed by atoms with Gasteiger partial charge in [0.2, 0.25) is 17.7 Å². The van der Waals surface area contributed by atoms with E-state index in [-0.39, 0.29) is 70.5 Å². The fourth-order valence-corrected chi connectivity index (χ4v) is 12.3. The highest BCUT2D eigenvalue weighted by molar-refractivity contribution is 5.96. The second-order valence-electron chi connectivity index (χ2n) is 24.8. The van der Waals surface area contributed by atoms with Gasteiger partial charge >= 0.3 is 24.4 Å². The van der Waals surface area contributed by atoms with E-state index in [0.717, 1.165) is 120 Å². The highest BCUT2D eigenvalue weighted by Crippen LogP contribution is 2.45. The van der Waals surface area contributed by atoms with Crippen molar-refractivity contribution in [3.63, 3.8) is 0 Å². The van der Waals surface area contributed by atoms with E-state index in [0.29, 0.717) is 11.1 Å². The third kappa shape index (κ3) is 20.3. The van der Waals surface area contributed by atoms with Crippen LogP contribution in [0.5, 0.6) is 0 Å². The molecule has 11 nitrogen and oxygen atoms in total. The van der Waals surface area contributed by atoms with Crippen LogP contribution in [0.15, 0.2) is 218 Å². The maximum Gasteiger partial charge on any atom is 0.416 e. The number of carboxylic acids is 1. The van der Waals surface area contributed by atoms with Crippen LogP contribution in [0.3, 0.4) is 0 Å². The number of amides is 4. The first kappa shape index (κ1) is 72.2. The standard InChI is InChI=1S/C50H50F3N3O4.C31H32F3NO3/c1-2-3-5-12-36-19-21-39(22-20-36)34-56(47(57)28-25-37-23-26-40(27-24-37)50(51,52)53)46(33-38-13-6-4-7-14-38)48(58)54-29-31-55(32-30-54)49(59)60-35-45-43-17-10-8-15-41(43)42-16-9-11-18-44(42)45;1-2-3-5-8-23-11-13-26(14-12-23)22-35(28(30(37)38)21-25-9-6-4-7-10-25)29(36)20-17-24-15-18-27(19-16-24)31(32,33)34/h4,6-11,13-28,45-46H,2-3,5,12,29-35H2,1H3;4,6-7,9-20,28H,2-3,5,8,21-22H2,1H3,(H,37,38)/b28-25+;20-17+/t46-;28-/m00/s1. The number of carboxylic acid groups (broad SMARTS) is 1. The molecule has 8 aromatic carbocycles. The molecule has 0 spiro atoms. The average Bonchev–Trinajstić information content (AvgIpc) is 1.60. The van der Waals surface area contributed by atoms with Gasteiger partial charge in [-0.15, -0.1) is 0 Å². The Morgan fingerprint density at radius 3 is 1.26 bits per heavy atom. The zero-order valence-corrected chi connectivity index (χ0v) is 55.1. The molecule has 17 heteroatoms. The van der Waals surface area contributed by atoms with Gasteiger partial charge in [-0.3, -0.25) is 14.4 Å². The Hall–Kier alpha value is -10.0. The number of benzene rings is 8. The van der Waals surface area contributed by atoms with E-state index >= 15 is 0 Å². The number of alkyl halides is 6. The van der Waals surface area contributed by atoms with Crippen LogP contribution in [-0.4, -0.2) is 99.4 Å². The zero-order chi connectivity index (χ0) is 69.6. The highest BCUT2D eigenvalue weighted by atomic mass is 19.4. The minimum Gasteiger partial charge on any atom is -0.480 e. The van der Waals surface area contributed by atoms with Crippen molar-refractivity contribution in [2.75, 3.05) is 32.8 Å². The minimum absolute atomic E-state index is 0.0722. The second-order valence-corrected chi connectivity index (χ2v) is 24.8. The lowest BCUT2D eigenvalue weighted by molar-refractivity contribution is -0.149. The molecule has 98 heavy (non-hydrogen) atoms. The molecule has 2 atom stereocenters. The number of carbonyl (C=O) groups is 5. The molecule has 0 saturated carbocycles. The quantitative estimate of drug-likeness (QED) is 0.0325. The Kier molecular flexibility index (Phi) is 25.6. The summed E-state index contributed by atoms with van der Waals surface area (Å²) in [4.78, 5) is 74.3. The molecule has 1 aliphatic carbocycles. The van der Waals surface area contributed by atoms with Crippen molar-refractivity contribution in [1.29, 1.82) is 0 Å². The molecule has 8 aromatic rings. The lowest BCUT2D eigenvalue weighted by atomic mass is 9.98. The van der Waals surface area contributed by atoms with Crippen molar-refractivity contribution >= 4 is 41.9 Å². The largest absolute Gasteiger partial charge is 0.480 e. The van der Waals surface area contributed by atoms with Crippen molar-refractivity contribution in [3.05, 3.63) is 285 Å². The molecule has 2 aliphatic rings. The van der Waals surface area contributed by atoms with Gasteiger partial charge in [0.15, 0.2) is 0 Å². The van der Waals surface area contributed by atoms with Crippen LogP contribution in [0, 0.1) is 0 Å². The molecule has 1 fully saturated rings. The van der Waals surface area contributed by atoms with E-state index in [1.807, 2.05) is 121 Å². The topological polar surface area (TPSA) is 128 Å². The summed E-state index contributed by atoms with van der Waals surface area (Å²) in [6, 6.07) is 57.8. The number of hydrogen-bond donors (Lipinski definition) is 1. The third-order valence-corrected chi connectivity index (χ3v) is 17.8. The second kappa shape index (κ2) is 34.8. The van der Waals surface area contributed by atoms with E-state index < -0.39 is 59.4 Å². The van der Waals surface area contributed by atoms with E-state index in [4.69, 9.17) is 4.74 Å². The number of unbranched alkanes of at least 4 members (excludes halogenated alkanes) is 4. The number of fused-ring (bicyclic) bond motifs is 3. The molecule has 1 aliphatic heterocycles. The number of aliphatic carboxylic acids is 1. The average molecular weight is 1340 g/mol. The summed E-state index contributed by atoms with van der Waals surface area (Å²) >= 11 is 0. The SMILES string of the molecule is CCCCCc1ccc(CN(C(=O)/C=C/c2ccc(C(F)(F)F)cc2)[C@@H](Cc2ccccc2)C(=O)N2CCN(C(=O)OCC3c4ccccc4-c4ccccc43)CC2)cc1.CCCCCc1ccc(CN(C(=O)/C=C/c2ccc(C(F)(F)F)cc2)[C@@H](Cc2ccccc2)C(=O)O)cc1. The Balaban J connectivity index is 0.000000255. The molecule has 1 heterocycles. The zero-order valence-electron chi connectivity index (χ0n) is 55.1. The summed E-state index contributed by atoms with van der Waals surface area (Å²) in [6.45, 7) is 5.76. The number of aryl methyl sites for hydroxylation is 2. The molecule has 0 aromatic heterocycles. The lowest BCUT2D eigenvalue weighted by Gasteiger charge is -2.39. The molecule has 1 saturated heterocycles. The molecule has 0 bridgehead atoms. The molecule has 1 N–H and O–H groups in total. The number of rotatable bonds is 26. The molecule has 510 valence electrons. The molecule has 0 unspecified atom stereocenters. The van der Waals surface area contributed by atoms with Crippen LogP contribution in [0.25, 0.3) is 23.3 Å². The molecule has 10 rings (SSSR count). The van der Waals surface area contributed by atoms with E-state index in [1.165, 1.54) is 64.6 Å². The van der Waals surface area contributed by atoms with Crippen molar-refractivity contribution in [3.8, 4) is 11.1 Å². The highest BCUT2D eigenvalue weighted by Gasteiger charge is 2.37. The summed E-state index contributed by atoms with van der Waals surface area (Å²) in [5.41, 5.74) is 9.45. The Bertz CT molecular complexity index is 3920. The predicted octanol–water partition coefficient (Wildman–Crippen LogP) is 17.4. The molecule has 0 radical (unpaired) electrons. The monoisotopic (exact) mass is 1340 g/mol. The van der Waals surface area contributed by atoms with Crippen LogP contribution >= 0.6 is 0 Å². The first-order valence-electron chi connectivity index (χ1n) is 33.4. The summed E-state index contributed by atoms with van der Waals surface area (Å²) < 4.78 is 84.2. The summed E-state index contributed by atoms with van der Waals surface area (Å²) in [5, 5.41) is 10.1.